The molecule has 0 unspecified atom stereocenters. The van der Waals surface area contributed by atoms with Crippen molar-refractivity contribution in [2.24, 2.45) is 0 Å². The number of hydrogen-bond acceptors (Lipinski definition) is 6. The van der Waals surface area contributed by atoms with Gasteiger partial charge in [0.1, 0.15) is 0 Å². The summed E-state index contributed by atoms with van der Waals surface area (Å²) in [7, 11) is 0. The third-order valence-electron chi connectivity index (χ3n) is 5.80. The zero-order chi connectivity index (χ0) is 22.7. The van der Waals surface area contributed by atoms with Crippen LogP contribution in [0.1, 0.15) is 38.3 Å². The number of nitrogens with zero attached hydrogens (tertiary/aromatic N) is 3. The van der Waals surface area contributed by atoms with E-state index in [1.807, 2.05) is 31.2 Å². The van der Waals surface area contributed by atoms with E-state index in [4.69, 9.17) is 4.74 Å². The fourth-order valence-electron chi connectivity index (χ4n) is 4.18. The van der Waals surface area contributed by atoms with E-state index in [1.54, 1.807) is 23.2 Å². The molecule has 3 aromatic rings. The number of carbonyl (C=O) groups excluding carboxylic acids is 2. The molecule has 1 aliphatic rings. The molecule has 2 amide bonds. The maximum absolute atomic E-state index is 13.0. The monoisotopic (exact) mass is 456 g/mol. The molecule has 9 heteroatoms. The van der Waals surface area contributed by atoms with Gasteiger partial charge in [0.05, 0.1) is 22.4 Å². The lowest BCUT2D eigenvalue weighted by Gasteiger charge is -2.31. The van der Waals surface area contributed by atoms with E-state index in [0.29, 0.717) is 51.9 Å². The number of ether oxygens (including phenoxy) is 1. The number of aryl methyl sites for hydroxylation is 2. The minimum Gasteiger partial charge on any atom is -0.450 e. The molecule has 32 heavy (non-hydrogen) atoms. The van der Waals surface area contributed by atoms with Crippen LogP contribution < -0.4 is 10.9 Å². The summed E-state index contributed by atoms with van der Waals surface area (Å²) < 4.78 is 8.52. The Bertz CT molecular complexity index is 1190. The molecule has 1 aliphatic heterocycles. The van der Waals surface area contributed by atoms with Crippen molar-refractivity contribution in [2.45, 2.75) is 52.1 Å². The first kappa shape index (κ1) is 22.3. The Morgan fingerprint density at radius 1 is 1.25 bits per heavy atom. The Labute approximate surface area is 190 Å². The number of aromatic nitrogens is 2. The molecule has 0 saturated carbocycles. The molecule has 2 aromatic heterocycles. The van der Waals surface area contributed by atoms with Gasteiger partial charge in [-0.15, -0.1) is 11.3 Å². The van der Waals surface area contributed by atoms with Crippen LogP contribution >= 0.6 is 11.3 Å². The van der Waals surface area contributed by atoms with Crippen LogP contribution in [0.3, 0.4) is 0 Å². The Morgan fingerprint density at radius 2 is 2.00 bits per heavy atom. The van der Waals surface area contributed by atoms with Crippen LogP contribution in [0.15, 0.2) is 29.1 Å². The smallest absolute Gasteiger partial charge is 0.409 e. The Morgan fingerprint density at radius 3 is 2.75 bits per heavy atom. The second-order valence-electron chi connectivity index (χ2n) is 8.05. The van der Waals surface area contributed by atoms with Crippen molar-refractivity contribution in [1.29, 1.82) is 0 Å². The van der Waals surface area contributed by atoms with E-state index in [1.165, 1.54) is 4.68 Å². The maximum atomic E-state index is 13.0. The van der Waals surface area contributed by atoms with Gasteiger partial charge >= 0.3 is 6.09 Å². The van der Waals surface area contributed by atoms with Crippen molar-refractivity contribution in [2.75, 3.05) is 19.7 Å². The van der Waals surface area contributed by atoms with Gasteiger partial charge in [-0.25, -0.2) is 9.48 Å². The zero-order valence-electron chi connectivity index (χ0n) is 18.4. The second-order valence-corrected chi connectivity index (χ2v) is 9.10. The molecule has 4 rings (SSSR count). The molecule has 0 atom stereocenters. The molecule has 170 valence electrons. The van der Waals surface area contributed by atoms with E-state index in [9.17, 15) is 14.4 Å². The van der Waals surface area contributed by atoms with Crippen LogP contribution in [0.25, 0.3) is 20.2 Å². The van der Waals surface area contributed by atoms with Crippen molar-refractivity contribution in [3.8, 4) is 0 Å². The number of amides is 2. The average Bonchev–Trinajstić information content (AvgIpc) is 3.18. The standard InChI is InChI=1S/C23H28N4O4S/c1-3-31-23(30)26-13-10-16(11-14-26)24-19(28)9-6-12-27-22(29)20-17-7-4-5-8-18(17)32-21(20)15(2)25-27/h4-5,7-8,16H,3,6,9-14H2,1-2H3,(H,24,28). The van der Waals surface area contributed by atoms with Crippen molar-refractivity contribution in [3.05, 3.63) is 40.3 Å². The largest absolute Gasteiger partial charge is 0.450 e. The first-order valence-electron chi connectivity index (χ1n) is 11.1. The van der Waals surface area contributed by atoms with Crippen molar-refractivity contribution in [3.63, 3.8) is 0 Å². The Kier molecular flexibility index (Phi) is 6.74. The highest BCUT2D eigenvalue weighted by Gasteiger charge is 2.24. The number of rotatable bonds is 6. The van der Waals surface area contributed by atoms with E-state index in [-0.39, 0.29) is 23.6 Å². The van der Waals surface area contributed by atoms with Gasteiger partial charge < -0.3 is 15.0 Å². The molecule has 1 fully saturated rings. The number of likely N-dealkylation sites (tertiary alicyclic amines) is 1. The van der Waals surface area contributed by atoms with Gasteiger partial charge in [0.15, 0.2) is 0 Å². The minimum absolute atomic E-state index is 0.0357. The van der Waals surface area contributed by atoms with Crippen LogP contribution in [0.4, 0.5) is 4.79 Å². The number of hydrogen-bond donors (Lipinski definition) is 1. The molecule has 0 radical (unpaired) electrons. The van der Waals surface area contributed by atoms with E-state index < -0.39 is 0 Å². The van der Waals surface area contributed by atoms with Crippen molar-refractivity contribution in [1.82, 2.24) is 20.0 Å². The third-order valence-corrected chi connectivity index (χ3v) is 7.08. The first-order chi connectivity index (χ1) is 15.5. The van der Waals surface area contributed by atoms with Gasteiger partial charge in [0.25, 0.3) is 5.56 Å². The second kappa shape index (κ2) is 9.68. The lowest BCUT2D eigenvalue weighted by molar-refractivity contribution is -0.122. The Hall–Kier alpha value is -2.94. The lowest BCUT2D eigenvalue weighted by Crippen LogP contribution is -2.46. The number of benzene rings is 1. The molecule has 0 aliphatic carbocycles. The number of carbonyl (C=O) groups is 2. The summed E-state index contributed by atoms with van der Waals surface area (Å²) in [6, 6.07) is 7.96. The number of piperidine rings is 1. The molecule has 1 saturated heterocycles. The van der Waals surface area contributed by atoms with Gasteiger partial charge in [-0.1, -0.05) is 18.2 Å². The van der Waals surface area contributed by atoms with Gasteiger partial charge in [-0.2, -0.15) is 5.10 Å². The zero-order valence-corrected chi connectivity index (χ0v) is 19.2. The summed E-state index contributed by atoms with van der Waals surface area (Å²) in [5.74, 6) is -0.0357. The maximum Gasteiger partial charge on any atom is 0.409 e. The summed E-state index contributed by atoms with van der Waals surface area (Å²) in [5.41, 5.74) is 0.730. The highest BCUT2D eigenvalue weighted by molar-refractivity contribution is 7.26. The topological polar surface area (TPSA) is 93.5 Å². The lowest BCUT2D eigenvalue weighted by atomic mass is 10.1. The van der Waals surface area contributed by atoms with E-state index in [0.717, 1.165) is 25.9 Å². The Balaban J connectivity index is 1.32. The van der Waals surface area contributed by atoms with Crippen LogP contribution in [0.5, 0.6) is 0 Å². The highest BCUT2D eigenvalue weighted by atomic mass is 32.1. The van der Waals surface area contributed by atoms with Crippen LogP contribution in [0.2, 0.25) is 0 Å². The fourth-order valence-corrected chi connectivity index (χ4v) is 5.31. The van der Waals surface area contributed by atoms with Crippen LogP contribution in [-0.4, -0.2) is 52.4 Å². The summed E-state index contributed by atoms with van der Waals surface area (Å²) in [4.78, 5) is 38.9. The third kappa shape index (κ3) is 4.62. The summed E-state index contributed by atoms with van der Waals surface area (Å²) in [6.07, 6.45) is 2.00. The summed E-state index contributed by atoms with van der Waals surface area (Å²) in [5, 5.41) is 9.21. The SMILES string of the molecule is CCOC(=O)N1CCC(NC(=O)CCCn2nc(C)c3sc4ccccc4c3c2=O)CC1. The normalized spacial score (nSPS) is 14.8. The van der Waals surface area contributed by atoms with Crippen LogP contribution in [0, 0.1) is 6.92 Å². The van der Waals surface area contributed by atoms with Crippen molar-refractivity contribution < 1.29 is 14.3 Å². The first-order valence-corrected chi connectivity index (χ1v) is 11.9. The summed E-state index contributed by atoms with van der Waals surface area (Å²) >= 11 is 1.59. The molecular formula is C23H28N4O4S. The fraction of sp³-hybridized carbons (Fsp3) is 0.478. The van der Waals surface area contributed by atoms with Gasteiger partial charge in [0, 0.05) is 42.2 Å². The summed E-state index contributed by atoms with van der Waals surface area (Å²) in [6.45, 7) is 5.63. The molecule has 1 aromatic carbocycles. The predicted octanol–water partition coefficient (Wildman–Crippen LogP) is 3.44. The predicted molar refractivity (Wildman–Crippen MR) is 125 cm³/mol. The van der Waals surface area contributed by atoms with Gasteiger partial charge in [-0.05, 0) is 39.2 Å². The molecule has 3 heterocycles. The minimum atomic E-state index is -0.291. The molecular weight excluding hydrogens is 428 g/mol. The molecule has 1 N–H and O–H groups in total. The number of thiophene rings is 1. The number of fused-ring (bicyclic) bond motifs is 3. The van der Waals surface area contributed by atoms with Gasteiger partial charge in [0.2, 0.25) is 5.91 Å². The van der Waals surface area contributed by atoms with E-state index >= 15 is 0 Å². The average molecular weight is 457 g/mol. The molecule has 0 spiro atoms. The quantitative estimate of drug-likeness (QED) is 0.613. The highest BCUT2D eigenvalue weighted by Crippen LogP contribution is 2.32. The van der Waals surface area contributed by atoms with Crippen molar-refractivity contribution >= 4 is 43.5 Å². The van der Waals surface area contributed by atoms with Crippen LogP contribution in [-0.2, 0) is 16.1 Å². The van der Waals surface area contributed by atoms with E-state index in [2.05, 4.69) is 10.4 Å². The van der Waals surface area contributed by atoms with Gasteiger partial charge in [-0.3, -0.25) is 9.59 Å². The number of nitrogens with one attached hydrogen (secondary N) is 1. The molecule has 8 nitrogen and oxygen atoms in total. The molecule has 0 bridgehead atoms.